The predicted octanol–water partition coefficient (Wildman–Crippen LogP) is 3.85. The molecule has 2 N–H and O–H groups in total. The Morgan fingerprint density at radius 1 is 1.35 bits per heavy atom. The standard InChI is InChI=1S/C16H24ClFN2/c1-11(2)12-6-8-20(9-7-12)15(10-19)16-13(17)4-3-5-14(16)18/h3-5,11-12,15H,6-10,19H2,1-2H3. The Bertz CT molecular complexity index is 422. The molecule has 1 unspecified atom stereocenters. The summed E-state index contributed by atoms with van der Waals surface area (Å²) in [6.45, 7) is 6.88. The van der Waals surface area contributed by atoms with E-state index in [4.69, 9.17) is 17.3 Å². The Labute approximate surface area is 126 Å². The van der Waals surface area contributed by atoms with Crippen LogP contribution in [0, 0.1) is 17.7 Å². The largest absolute Gasteiger partial charge is 0.329 e. The van der Waals surface area contributed by atoms with Crippen LogP contribution in [0.4, 0.5) is 4.39 Å². The number of nitrogens with two attached hydrogens (primary N) is 1. The molecule has 1 fully saturated rings. The van der Waals surface area contributed by atoms with E-state index >= 15 is 0 Å². The molecule has 0 amide bonds. The van der Waals surface area contributed by atoms with E-state index in [0.717, 1.165) is 31.8 Å². The number of rotatable bonds is 4. The van der Waals surface area contributed by atoms with Crippen molar-refractivity contribution in [1.29, 1.82) is 0 Å². The smallest absolute Gasteiger partial charge is 0.129 e. The van der Waals surface area contributed by atoms with Crippen molar-refractivity contribution in [3.05, 3.63) is 34.6 Å². The molecular formula is C16H24ClFN2. The van der Waals surface area contributed by atoms with E-state index in [2.05, 4.69) is 18.7 Å². The van der Waals surface area contributed by atoms with Crippen LogP contribution in [0.2, 0.25) is 5.02 Å². The highest BCUT2D eigenvalue weighted by Gasteiger charge is 2.29. The molecule has 0 radical (unpaired) electrons. The Kier molecular flexibility index (Phi) is 5.42. The van der Waals surface area contributed by atoms with Crippen molar-refractivity contribution in [2.24, 2.45) is 17.6 Å². The van der Waals surface area contributed by atoms with Crippen molar-refractivity contribution < 1.29 is 4.39 Å². The number of hydrogen-bond acceptors (Lipinski definition) is 2. The van der Waals surface area contributed by atoms with E-state index in [-0.39, 0.29) is 11.9 Å². The molecule has 1 aliphatic heterocycles. The molecule has 0 spiro atoms. The zero-order valence-corrected chi connectivity index (χ0v) is 13.0. The second kappa shape index (κ2) is 6.88. The monoisotopic (exact) mass is 298 g/mol. The molecule has 2 nitrogen and oxygen atoms in total. The van der Waals surface area contributed by atoms with E-state index in [1.807, 2.05) is 0 Å². The average Bonchev–Trinajstić information content (AvgIpc) is 2.43. The van der Waals surface area contributed by atoms with Crippen LogP contribution in [0.1, 0.15) is 38.3 Å². The third kappa shape index (κ3) is 3.33. The molecule has 1 aromatic rings. The van der Waals surface area contributed by atoms with Gasteiger partial charge in [0.1, 0.15) is 5.82 Å². The van der Waals surface area contributed by atoms with E-state index in [0.29, 0.717) is 23.0 Å². The van der Waals surface area contributed by atoms with Crippen LogP contribution in [-0.4, -0.2) is 24.5 Å². The van der Waals surface area contributed by atoms with Gasteiger partial charge in [-0.05, 0) is 49.9 Å². The molecule has 1 heterocycles. The minimum Gasteiger partial charge on any atom is -0.329 e. The fourth-order valence-corrected chi connectivity index (χ4v) is 3.47. The van der Waals surface area contributed by atoms with Gasteiger partial charge in [0.05, 0.1) is 6.04 Å². The molecule has 2 rings (SSSR count). The first kappa shape index (κ1) is 15.7. The minimum absolute atomic E-state index is 0.114. The molecule has 1 atom stereocenters. The Morgan fingerprint density at radius 3 is 2.50 bits per heavy atom. The molecular weight excluding hydrogens is 275 g/mol. The Balaban J connectivity index is 2.14. The Morgan fingerprint density at radius 2 is 2.00 bits per heavy atom. The third-order valence-corrected chi connectivity index (χ3v) is 4.84. The number of hydrogen-bond donors (Lipinski definition) is 1. The summed E-state index contributed by atoms with van der Waals surface area (Å²) in [7, 11) is 0. The van der Waals surface area contributed by atoms with Crippen molar-refractivity contribution >= 4 is 11.6 Å². The van der Waals surface area contributed by atoms with Crippen molar-refractivity contribution in [2.75, 3.05) is 19.6 Å². The van der Waals surface area contributed by atoms with Gasteiger partial charge in [-0.2, -0.15) is 0 Å². The lowest BCUT2D eigenvalue weighted by Gasteiger charge is -2.38. The molecule has 0 aromatic heterocycles. The van der Waals surface area contributed by atoms with E-state index < -0.39 is 0 Å². The van der Waals surface area contributed by atoms with E-state index in [1.165, 1.54) is 6.07 Å². The molecule has 1 saturated heterocycles. The first-order chi connectivity index (χ1) is 9.54. The van der Waals surface area contributed by atoms with Gasteiger partial charge in [0.15, 0.2) is 0 Å². The van der Waals surface area contributed by atoms with Gasteiger partial charge >= 0.3 is 0 Å². The van der Waals surface area contributed by atoms with Gasteiger partial charge in [-0.15, -0.1) is 0 Å². The predicted molar refractivity (Wildman–Crippen MR) is 82.3 cm³/mol. The third-order valence-electron chi connectivity index (χ3n) is 4.51. The fourth-order valence-electron chi connectivity index (χ4n) is 3.18. The van der Waals surface area contributed by atoms with Crippen LogP contribution in [0.25, 0.3) is 0 Å². The molecule has 1 aliphatic rings. The number of likely N-dealkylation sites (tertiary alicyclic amines) is 1. The molecule has 1 aromatic carbocycles. The molecule has 0 saturated carbocycles. The normalized spacial score (nSPS) is 19.5. The van der Waals surface area contributed by atoms with Crippen molar-refractivity contribution in [3.8, 4) is 0 Å². The van der Waals surface area contributed by atoms with Gasteiger partial charge in [0, 0.05) is 17.1 Å². The quantitative estimate of drug-likeness (QED) is 0.915. The minimum atomic E-state index is -0.251. The molecule has 112 valence electrons. The highest BCUT2D eigenvalue weighted by molar-refractivity contribution is 6.31. The van der Waals surface area contributed by atoms with Crippen LogP contribution in [-0.2, 0) is 0 Å². The first-order valence-electron chi connectivity index (χ1n) is 7.42. The summed E-state index contributed by atoms with van der Waals surface area (Å²) in [5.74, 6) is 1.23. The maximum atomic E-state index is 14.1. The zero-order chi connectivity index (χ0) is 14.7. The highest BCUT2D eigenvalue weighted by Crippen LogP contribution is 2.33. The summed E-state index contributed by atoms with van der Waals surface area (Å²) in [5, 5.41) is 0.478. The van der Waals surface area contributed by atoms with Gasteiger partial charge in [-0.1, -0.05) is 31.5 Å². The van der Waals surface area contributed by atoms with Gasteiger partial charge in [-0.3, -0.25) is 4.90 Å². The summed E-state index contributed by atoms with van der Waals surface area (Å²) in [5.41, 5.74) is 6.46. The second-order valence-corrected chi connectivity index (χ2v) is 6.41. The molecule has 0 aliphatic carbocycles. The molecule has 20 heavy (non-hydrogen) atoms. The highest BCUT2D eigenvalue weighted by atomic mass is 35.5. The topological polar surface area (TPSA) is 29.3 Å². The summed E-state index contributed by atoms with van der Waals surface area (Å²) in [4.78, 5) is 2.28. The van der Waals surface area contributed by atoms with Gasteiger partial charge in [0.2, 0.25) is 0 Å². The van der Waals surface area contributed by atoms with Gasteiger partial charge < -0.3 is 5.73 Å². The van der Waals surface area contributed by atoms with Crippen LogP contribution in [0.5, 0.6) is 0 Å². The van der Waals surface area contributed by atoms with E-state index in [9.17, 15) is 4.39 Å². The van der Waals surface area contributed by atoms with Crippen LogP contribution >= 0.6 is 11.6 Å². The number of piperidine rings is 1. The SMILES string of the molecule is CC(C)C1CCN(C(CN)c2c(F)cccc2Cl)CC1. The Hall–Kier alpha value is -0.640. The number of nitrogens with zero attached hydrogens (tertiary/aromatic N) is 1. The maximum Gasteiger partial charge on any atom is 0.129 e. The lowest BCUT2D eigenvalue weighted by atomic mass is 9.86. The van der Waals surface area contributed by atoms with Crippen LogP contribution in [0.3, 0.4) is 0 Å². The average molecular weight is 299 g/mol. The number of halogens is 2. The van der Waals surface area contributed by atoms with Gasteiger partial charge in [0.25, 0.3) is 0 Å². The van der Waals surface area contributed by atoms with Crippen LogP contribution < -0.4 is 5.73 Å². The summed E-state index contributed by atoms with van der Waals surface area (Å²) >= 11 is 6.18. The lowest BCUT2D eigenvalue weighted by Crippen LogP contribution is -2.41. The fraction of sp³-hybridized carbons (Fsp3) is 0.625. The maximum absolute atomic E-state index is 14.1. The summed E-state index contributed by atoms with van der Waals surface area (Å²) in [6.07, 6.45) is 2.31. The molecule has 4 heteroatoms. The first-order valence-corrected chi connectivity index (χ1v) is 7.80. The van der Waals surface area contributed by atoms with E-state index in [1.54, 1.807) is 12.1 Å². The van der Waals surface area contributed by atoms with Crippen molar-refractivity contribution in [3.63, 3.8) is 0 Å². The van der Waals surface area contributed by atoms with Crippen molar-refractivity contribution in [1.82, 2.24) is 4.90 Å². The van der Waals surface area contributed by atoms with Gasteiger partial charge in [-0.25, -0.2) is 4.39 Å². The zero-order valence-electron chi connectivity index (χ0n) is 12.3. The van der Waals surface area contributed by atoms with Crippen LogP contribution in [0.15, 0.2) is 18.2 Å². The molecule has 0 bridgehead atoms. The summed E-state index contributed by atoms with van der Waals surface area (Å²) < 4.78 is 14.1. The summed E-state index contributed by atoms with van der Waals surface area (Å²) in [6, 6.07) is 4.73. The van der Waals surface area contributed by atoms with Crippen molar-refractivity contribution in [2.45, 2.75) is 32.7 Å². The second-order valence-electron chi connectivity index (χ2n) is 6.00. The lowest BCUT2D eigenvalue weighted by molar-refractivity contribution is 0.115. The number of benzene rings is 1.